The minimum absolute atomic E-state index is 0.230. The number of anilines is 1. The van der Waals surface area contributed by atoms with Crippen LogP contribution in [0.5, 0.6) is 34.6 Å². The lowest BCUT2D eigenvalue weighted by atomic mass is 10.1. The second-order valence-electron chi connectivity index (χ2n) is 10.4. The van der Waals surface area contributed by atoms with Gasteiger partial charge in [0, 0.05) is 38.3 Å². The highest BCUT2D eigenvalue weighted by Gasteiger charge is 2.25. The van der Waals surface area contributed by atoms with Gasteiger partial charge >= 0.3 is 6.03 Å². The van der Waals surface area contributed by atoms with Crippen molar-refractivity contribution in [2.75, 3.05) is 65.1 Å². The normalized spacial score (nSPS) is 14.5. The van der Waals surface area contributed by atoms with Crippen LogP contribution in [0.3, 0.4) is 0 Å². The third-order valence-corrected chi connectivity index (χ3v) is 7.32. The molecule has 3 aromatic carbocycles. The fourth-order valence-electron chi connectivity index (χ4n) is 5.06. The van der Waals surface area contributed by atoms with Crippen molar-refractivity contribution < 1.29 is 37.6 Å². The van der Waals surface area contributed by atoms with Crippen molar-refractivity contribution >= 4 is 22.6 Å². The molecular weight excluding hydrogens is 585 g/mol. The zero-order valence-corrected chi connectivity index (χ0v) is 24.8. The summed E-state index contributed by atoms with van der Waals surface area (Å²) in [4.78, 5) is 23.7. The lowest BCUT2D eigenvalue weighted by Crippen LogP contribution is -2.37. The summed E-state index contributed by atoms with van der Waals surface area (Å²) in [5.74, 6) is 2.22. The largest absolute Gasteiger partial charge is 0.494 e. The van der Waals surface area contributed by atoms with Gasteiger partial charge in [0.25, 0.3) is 0 Å². The molecule has 0 aliphatic carbocycles. The summed E-state index contributed by atoms with van der Waals surface area (Å²) in [6, 6.07) is 12.2. The van der Waals surface area contributed by atoms with Gasteiger partial charge in [0.1, 0.15) is 42.2 Å². The van der Waals surface area contributed by atoms with E-state index in [0.717, 1.165) is 44.8 Å². The van der Waals surface area contributed by atoms with E-state index in [1.807, 2.05) is 6.07 Å². The maximum absolute atomic E-state index is 13.1. The molecule has 4 aromatic rings. The number of carbonyl (C=O) groups excluding carboxylic acids is 1. The molecule has 0 radical (unpaired) electrons. The van der Waals surface area contributed by atoms with Crippen LogP contribution in [0.15, 0.2) is 54.9 Å². The van der Waals surface area contributed by atoms with Gasteiger partial charge in [-0.15, -0.1) is 0 Å². The number of aromatic nitrogens is 2. The van der Waals surface area contributed by atoms with Crippen molar-refractivity contribution in [3.8, 4) is 34.6 Å². The number of fused-ring (bicyclic) bond motifs is 3. The van der Waals surface area contributed by atoms with Crippen LogP contribution < -0.4 is 34.3 Å². The Balaban J connectivity index is 1.15. The number of carbonyl (C=O) groups is 1. The lowest BCUT2D eigenvalue weighted by molar-refractivity contribution is 0.0357. The quantitative estimate of drug-likeness (QED) is 0.227. The van der Waals surface area contributed by atoms with Crippen LogP contribution in [-0.4, -0.2) is 80.7 Å². The molecule has 2 N–H and O–H groups in total. The molecule has 0 saturated carbocycles. The van der Waals surface area contributed by atoms with Gasteiger partial charge in [-0.05, 0) is 36.2 Å². The van der Waals surface area contributed by atoms with E-state index >= 15 is 0 Å². The number of nitrogens with one attached hydrogen (secondary N) is 2. The number of hydrogen-bond donors (Lipinski definition) is 2. The monoisotopic (exact) mass is 619 g/mol. The summed E-state index contributed by atoms with van der Waals surface area (Å²) >= 11 is 0. The minimum atomic E-state index is -0.448. The lowest BCUT2D eigenvalue weighted by Gasteiger charge is -2.26. The molecule has 13 heteroatoms. The van der Waals surface area contributed by atoms with E-state index in [4.69, 9.17) is 28.4 Å². The summed E-state index contributed by atoms with van der Waals surface area (Å²) in [7, 11) is 1.49. The first kappa shape index (κ1) is 30.2. The second kappa shape index (κ2) is 14.3. The molecule has 12 nitrogen and oxygen atoms in total. The Bertz CT molecular complexity index is 1630. The maximum atomic E-state index is 13.1. The summed E-state index contributed by atoms with van der Waals surface area (Å²) < 4.78 is 48.5. The number of hydrogen-bond acceptors (Lipinski definition) is 10. The van der Waals surface area contributed by atoms with E-state index < -0.39 is 6.03 Å². The SMILES string of the molecule is COc1cc(Oc2ncnc3cc(OCCCN4CCOCC4)c4c(c23)OCCO4)ccc1NC(=O)NCc1ccc(F)cc1. The third-order valence-electron chi connectivity index (χ3n) is 7.32. The molecule has 0 bridgehead atoms. The van der Waals surface area contributed by atoms with E-state index in [9.17, 15) is 9.18 Å². The molecule has 0 unspecified atom stereocenters. The number of rotatable bonds is 11. The first-order valence-electron chi connectivity index (χ1n) is 14.7. The molecule has 236 valence electrons. The van der Waals surface area contributed by atoms with E-state index in [1.54, 1.807) is 30.3 Å². The minimum Gasteiger partial charge on any atom is -0.494 e. The summed E-state index contributed by atoms with van der Waals surface area (Å²) in [5, 5.41) is 6.05. The van der Waals surface area contributed by atoms with Gasteiger partial charge in [-0.2, -0.15) is 0 Å². The second-order valence-corrected chi connectivity index (χ2v) is 10.4. The van der Waals surface area contributed by atoms with Crippen LogP contribution in [0.1, 0.15) is 12.0 Å². The van der Waals surface area contributed by atoms with Crippen molar-refractivity contribution in [3.05, 3.63) is 66.2 Å². The predicted octanol–water partition coefficient (Wildman–Crippen LogP) is 4.76. The van der Waals surface area contributed by atoms with Gasteiger partial charge in [-0.25, -0.2) is 19.2 Å². The van der Waals surface area contributed by atoms with Crippen molar-refractivity contribution in [1.29, 1.82) is 0 Å². The number of urea groups is 1. The predicted molar refractivity (Wildman–Crippen MR) is 163 cm³/mol. The fraction of sp³-hybridized carbons (Fsp3) is 0.344. The van der Waals surface area contributed by atoms with Crippen LogP contribution in [0.4, 0.5) is 14.9 Å². The van der Waals surface area contributed by atoms with Crippen LogP contribution in [0, 0.1) is 5.82 Å². The highest BCUT2D eigenvalue weighted by Crippen LogP contribution is 2.48. The van der Waals surface area contributed by atoms with E-state index in [2.05, 4.69) is 25.5 Å². The van der Waals surface area contributed by atoms with E-state index in [0.29, 0.717) is 65.2 Å². The summed E-state index contributed by atoms with van der Waals surface area (Å²) in [6.45, 7) is 5.80. The third kappa shape index (κ3) is 7.44. The average Bonchev–Trinajstić information content (AvgIpc) is 3.07. The van der Waals surface area contributed by atoms with Crippen molar-refractivity contribution in [2.45, 2.75) is 13.0 Å². The van der Waals surface area contributed by atoms with Crippen LogP contribution in [0.2, 0.25) is 0 Å². The number of amides is 2. The molecule has 1 saturated heterocycles. The highest BCUT2D eigenvalue weighted by molar-refractivity contribution is 5.94. The number of ether oxygens (including phenoxy) is 6. The van der Waals surface area contributed by atoms with Crippen LogP contribution in [-0.2, 0) is 11.3 Å². The van der Waals surface area contributed by atoms with Gasteiger partial charge in [0.15, 0.2) is 11.5 Å². The topological polar surface area (TPSA) is 126 Å². The van der Waals surface area contributed by atoms with Gasteiger partial charge < -0.3 is 39.1 Å². The number of halogens is 1. The first-order valence-corrected chi connectivity index (χ1v) is 14.7. The Morgan fingerprint density at radius 3 is 2.58 bits per heavy atom. The highest BCUT2D eigenvalue weighted by atomic mass is 19.1. The molecule has 0 spiro atoms. The number of morpholine rings is 1. The molecule has 0 atom stereocenters. The van der Waals surface area contributed by atoms with Gasteiger partial charge in [-0.1, -0.05) is 12.1 Å². The fourth-order valence-corrected chi connectivity index (χ4v) is 5.06. The van der Waals surface area contributed by atoms with Crippen LogP contribution in [0.25, 0.3) is 10.9 Å². The van der Waals surface area contributed by atoms with Crippen molar-refractivity contribution in [3.63, 3.8) is 0 Å². The zero-order chi connectivity index (χ0) is 31.0. The zero-order valence-electron chi connectivity index (χ0n) is 24.8. The Labute approximate surface area is 259 Å². The van der Waals surface area contributed by atoms with Gasteiger partial charge in [-0.3, -0.25) is 4.90 Å². The van der Waals surface area contributed by atoms with Crippen molar-refractivity contribution in [2.24, 2.45) is 0 Å². The average molecular weight is 620 g/mol. The molecule has 2 aliphatic heterocycles. The molecule has 3 heterocycles. The number of nitrogens with zero attached hydrogens (tertiary/aromatic N) is 3. The molecule has 2 amide bonds. The Kier molecular flexibility index (Phi) is 9.56. The number of benzene rings is 3. The smallest absolute Gasteiger partial charge is 0.319 e. The van der Waals surface area contributed by atoms with E-state index in [1.165, 1.54) is 25.6 Å². The maximum Gasteiger partial charge on any atom is 0.319 e. The molecule has 1 aromatic heterocycles. The molecule has 1 fully saturated rings. The Morgan fingerprint density at radius 1 is 0.978 bits per heavy atom. The molecule has 45 heavy (non-hydrogen) atoms. The Hall–Kier alpha value is -4.88. The molecule has 2 aliphatic rings. The van der Waals surface area contributed by atoms with Gasteiger partial charge in [0.2, 0.25) is 11.6 Å². The molecule has 6 rings (SSSR count). The standard InChI is InChI=1S/C32H34FN5O7/c1-40-26-17-23(7-8-24(26)37-32(39)34-19-21-3-5-22(33)6-4-21)45-31-28-25(35-20-36-31)18-27(29-30(28)44-16-15-43-29)42-12-2-9-38-10-13-41-14-11-38/h3-8,17-18,20H,2,9-16,19H2,1H3,(H2,34,37,39). The molecular formula is C32H34FN5O7. The first-order chi connectivity index (χ1) is 22.1. The summed E-state index contributed by atoms with van der Waals surface area (Å²) in [6.07, 6.45) is 2.27. The summed E-state index contributed by atoms with van der Waals surface area (Å²) in [5.41, 5.74) is 1.77. The van der Waals surface area contributed by atoms with Gasteiger partial charge in [0.05, 0.1) is 38.1 Å². The number of methoxy groups -OCH3 is 1. The Morgan fingerprint density at radius 2 is 1.78 bits per heavy atom. The van der Waals surface area contributed by atoms with E-state index in [-0.39, 0.29) is 18.2 Å². The van der Waals surface area contributed by atoms with Crippen molar-refractivity contribution in [1.82, 2.24) is 20.2 Å². The van der Waals surface area contributed by atoms with Crippen LogP contribution >= 0.6 is 0 Å².